The van der Waals surface area contributed by atoms with Crippen LogP contribution in [-0.4, -0.2) is 43.7 Å². The summed E-state index contributed by atoms with van der Waals surface area (Å²) in [7, 11) is 0. The molecular weight excluding hydrogens is 382 g/mol. The van der Waals surface area contributed by atoms with Gasteiger partial charge in [0.1, 0.15) is 5.75 Å². The van der Waals surface area contributed by atoms with Gasteiger partial charge in [0.15, 0.2) is 12.4 Å². The Morgan fingerprint density at radius 1 is 1.41 bits per heavy atom. The summed E-state index contributed by atoms with van der Waals surface area (Å²) >= 11 is 6.05. The standard InChI is InChI=1S/C17H17ClF2N4O3/c1-10-3-4-12(18)14(7-10)27-9-23-6-5-13(22-23)15(25)24-17(26,16(19)20)8-11(2)21-24/h3-7,16,26H,8-9H2,1-2H3. The van der Waals surface area contributed by atoms with E-state index in [0.717, 1.165) is 5.56 Å². The summed E-state index contributed by atoms with van der Waals surface area (Å²) in [6.45, 7) is 3.30. The maximum Gasteiger partial charge on any atom is 0.297 e. The zero-order chi connectivity index (χ0) is 19.8. The van der Waals surface area contributed by atoms with Crippen LogP contribution in [0.4, 0.5) is 8.78 Å². The molecule has 1 amide bonds. The van der Waals surface area contributed by atoms with Crippen molar-refractivity contribution in [2.24, 2.45) is 5.10 Å². The van der Waals surface area contributed by atoms with Gasteiger partial charge >= 0.3 is 0 Å². The van der Waals surface area contributed by atoms with Crippen molar-refractivity contribution in [2.45, 2.75) is 39.1 Å². The lowest BCUT2D eigenvalue weighted by molar-refractivity contribution is -0.164. The molecule has 1 aromatic heterocycles. The summed E-state index contributed by atoms with van der Waals surface area (Å²) in [6.07, 6.45) is -2.14. The SMILES string of the molecule is CC1=NN(C(=O)c2ccn(COc3cc(C)ccc3Cl)n2)C(O)(C(F)F)C1. The molecule has 0 fully saturated rings. The van der Waals surface area contributed by atoms with E-state index >= 15 is 0 Å². The summed E-state index contributed by atoms with van der Waals surface area (Å²) in [5.41, 5.74) is -1.63. The Hall–Kier alpha value is -2.52. The lowest BCUT2D eigenvalue weighted by atomic mass is 10.1. The zero-order valence-corrected chi connectivity index (χ0v) is 15.3. The number of aryl methyl sites for hydroxylation is 1. The smallest absolute Gasteiger partial charge is 0.297 e. The first-order valence-electron chi connectivity index (χ1n) is 8.02. The molecule has 0 radical (unpaired) electrons. The van der Waals surface area contributed by atoms with Crippen LogP contribution in [0.2, 0.25) is 5.02 Å². The molecule has 0 aliphatic carbocycles. The van der Waals surface area contributed by atoms with Crippen LogP contribution in [0.3, 0.4) is 0 Å². The number of aromatic nitrogens is 2. The molecular formula is C17H17ClF2N4O3. The van der Waals surface area contributed by atoms with E-state index in [1.807, 2.05) is 13.0 Å². The predicted octanol–water partition coefficient (Wildman–Crippen LogP) is 3.06. The Bertz CT molecular complexity index is 902. The van der Waals surface area contributed by atoms with E-state index in [2.05, 4.69) is 10.2 Å². The highest BCUT2D eigenvalue weighted by Crippen LogP contribution is 2.32. The van der Waals surface area contributed by atoms with Crippen molar-refractivity contribution in [2.75, 3.05) is 0 Å². The number of rotatable bonds is 5. The number of benzene rings is 1. The lowest BCUT2D eigenvalue weighted by Crippen LogP contribution is -2.51. The second kappa shape index (κ2) is 7.24. The number of carbonyl (C=O) groups is 1. The Morgan fingerprint density at radius 3 is 2.85 bits per heavy atom. The monoisotopic (exact) mass is 398 g/mol. The van der Waals surface area contributed by atoms with E-state index < -0.39 is 24.5 Å². The first kappa shape index (κ1) is 19.2. The van der Waals surface area contributed by atoms with E-state index in [9.17, 15) is 18.7 Å². The number of ether oxygens (including phenoxy) is 1. The van der Waals surface area contributed by atoms with Crippen molar-refractivity contribution in [3.05, 3.63) is 46.7 Å². The minimum atomic E-state index is -3.17. The first-order chi connectivity index (χ1) is 12.7. The summed E-state index contributed by atoms with van der Waals surface area (Å²) < 4.78 is 33.3. The minimum absolute atomic E-state index is 0.0438. The number of hydrazone groups is 1. The molecule has 0 spiro atoms. The van der Waals surface area contributed by atoms with Crippen LogP contribution in [0.15, 0.2) is 35.6 Å². The van der Waals surface area contributed by atoms with E-state index in [1.54, 1.807) is 12.1 Å². The highest BCUT2D eigenvalue weighted by atomic mass is 35.5. The average molecular weight is 399 g/mol. The van der Waals surface area contributed by atoms with Gasteiger partial charge in [-0.1, -0.05) is 17.7 Å². The minimum Gasteiger partial charge on any atom is -0.470 e. The van der Waals surface area contributed by atoms with E-state index in [0.29, 0.717) is 15.8 Å². The maximum absolute atomic E-state index is 13.2. The molecule has 27 heavy (non-hydrogen) atoms. The van der Waals surface area contributed by atoms with Gasteiger partial charge in [0.2, 0.25) is 5.72 Å². The Balaban J connectivity index is 1.73. The molecule has 0 bridgehead atoms. The van der Waals surface area contributed by atoms with E-state index in [-0.39, 0.29) is 18.1 Å². The van der Waals surface area contributed by atoms with Gasteiger partial charge in [0.25, 0.3) is 12.3 Å². The molecule has 3 rings (SSSR count). The van der Waals surface area contributed by atoms with Crippen LogP contribution < -0.4 is 4.74 Å². The molecule has 1 aliphatic heterocycles. The Morgan fingerprint density at radius 2 is 2.15 bits per heavy atom. The van der Waals surface area contributed by atoms with Gasteiger partial charge in [0.05, 0.1) is 5.02 Å². The second-order valence-corrected chi connectivity index (χ2v) is 6.66. The normalized spacial score (nSPS) is 19.5. The molecule has 1 unspecified atom stereocenters. The predicted molar refractivity (Wildman–Crippen MR) is 93.9 cm³/mol. The van der Waals surface area contributed by atoms with Crippen molar-refractivity contribution >= 4 is 23.2 Å². The van der Waals surface area contributed by atoms with E-state index in [1.165, 1.54) is 23.9 Å². The maximum atomic E-state index is 13.2. The van der Waals surface area contributed by atoms with Gasteiger partial charge in [0, 0.05) is 18.3 Å². The number of alkyl halides is 2. The van der Waals surface area contributed by atoms with Gasteiger partial charge in [-0.3, -0.25) is 4.79 Å². The highest BCUT2D eigenvalue weighted by Gasteiger charge is 2.51. The second-order valence-electron chi connectivity index (χ2n) is 6.26. The third-order valence-corrected chi connectivity index (χ3v) is 4.31. The molecule has 1 atom stereocenters. The number of hydrogen-bond donors (Lipinski definition) is 1. The summed E-state index contributed by atoms with van der Waals surface area (Å²) in [5.74, 6) is -0.478. The van der Waals surface area contributed by atoms with Crippen molar-refractivity contribution < 1.29 is 23.4 Å². The molecule has 10 heteroatoms. The van der Waals surface area contributed by atoms with Gasteiger partial charge in [-0.15, -0.1) is 0 Å². The third kappa shape index (κ3) is 3.79. The quantitative estimate of drug-likeness (QED) is 0.839. The molecule has 0 saturated carbocycles. The molecule has 0 saturated heterocycles. The van der Waals surface area contributed by atoms with Crippen molar-refractivity contribution in [3.63, 3.8) is 0 Å². The first-order valence-corrected chi connectivity index (χ1v) is 8.40. The van der Waals surface area contributed by atoms with Crippen LogP contribution in [0.5, 0.6) is 5.75 Å². The van der Waals surface area contributed by atoms with Crippen LogP contribution in [0.1, 0.15) is 29.4 Å². The topological polar surface area (TPSA) is 80.0 Å². The number of aliphatic hydroxyl groups is 1. The largest absolute Gasteiger partial charge is 0.470 e. The molecule has 144 valence electrons. The van der Waals surface area contributed by atoms with Crippen LogP contribution in [0, 0.1) is 6.92 Å². The van der Waals surface area contributed by atoms with Gasteiger partial charge in [-0.2, -0.15) is 15.2 Å². The van der Waals surface area contributed by atoms with Crippen LogP contribution >= 0.6 is 11.6 Å². The summed E-state index contributed by atoms with van der Waals surface area (Å²) in [4.78, 5) is 12.5. The van der Waals surface area contributed by atoms with Crippen molar-refractivity contribution in [1.82, 2.24) is 14.8 Å². The number of amides is 1. The highest BCUT2D eigenvalue weighted by molar-refractivity contribution is 6.32. The number of nitrogens with zero attached hydrogens (tertiary/aromatic N) is 4. The lowest BCUT2D eigenvalue weighted by Gasteiger charge is -2.29. The number of hydrogen-bond acceptors (Lipinski definition) is 5. The van der Waals surface area contributed by atoms with E-state index in [4.69, 9.17) is 16.3 Å². The summed E-state index contributed by atoms with van der Waals surface area (Å²) in [6, 6.07) is 6.62. The van der Waals surface area contributed by atoms with Crippen LogP contribution in [0.25, 0.3) is 0 Å². The fraction of sp³-hybridized carbons (Fsp3) is 0.353. The van der Waals surface area contributed by atoms with Gasteiger partial charge < -0.3 is 9.84 Å². The third-order valence-electron chi connectivity index (χ3n) is 3.99. The van der Waals surface area contributed by atoms with Crippen LogP contribution in [-0.2, 0) is 6.73 Å². The van der Waals surface area contributed by atoms with Crippen molar-refractivity contribution in [3.8, 4) is 5.75 Å². The average Bonchev–Trinajstić information content (AvgIpc) is 3.20. The fourth-order valence-corrected chi connectivity index (χ4v) is 2.82. The van der Waals surface area contributed by atoms with Gasteiger partial charge in [-0.05, 0) is 37.6 Å². The molecule has 2 aromatic rings. The molecule has 1 aromatic carbocycles. The zero-order valence-electron chi connectivity index (χ0n) is 14.6. The molecule has 1 N–H and O–H groups in total. The van der Waals surface area contributed by atoms with Crippen molar-refractivity contribution in [1.29, 1.82) is 0 Å². The summed E-state index contributed by atoms with van der Waals surface area (Å²) in [5, 5.41) is 18.7. The molecule has 2 heterocycles. The number of carbonyl (C=O) groups excluding carboxylic acids is 1. The van der Waals surface area contributed by atoms with Gasteiger partial charge in [-0.25, -0.2) is 13.5 Å². The Labute approximate surface area is 158 Å². The molecule has 1 aliphatic rings. The Kier molecular flexibility index (Phi) is 5.16. The molecule has 7 nitrogen and oxygen atoms in total. The number of halogens is 3. The fourth-order valence-electron chi connectivity index (χ4n) is 2.65.